The molecule has 158 valence electrons. The van der Waals surface area contributed by atoms with Gasteiger partial charge >= 0.3 is 0 Å². The van der Waals surface area contributed by atoms with Crippen molar-refractivity contribution < 1.29 is 20.1 Å². The maximum Gasteiger partial charge on any atom is 0.120 e. The van der Waals surface area contributed by atoms with Gasteiger partial charge in [-0.2, -0.15) is 0 Å². The molecule has 0 aliphatic heterocycles. The Morgan fingerprint density at radius 2 is 1.79 bits per heavy atom. The van der Waals surface area contributed by atoms with E-state index in [1.807, 2.05) is 32.1 Å². The van der Waals surface area contributed by atoms with Crippen LogP contribution in [0.4, 0.5) is 0 Å². The van der Waals surface area contributed by atoms with Crippen LogP contribution in [0.15, 0.2) is 47.9 Å². The summed E-state index contributed by atoms with van der Waals surface area (Å²) in [4.78, 5) is 1.19. The second-order valence-corrected chi connectivity index (χ2v) is 7.98. The molecule has 1 aromatic carbocycles. The number of hydrogen-bond donors (Lipinski definition) is 3. The summed E-state index contributed by atoms with van der Waals surface area (Å²) in [5.74, 6) is 0.673. The third-order valence-corrected chi connectivity index (χ3v) is 6.26. The zero-order valence-corrected chi connectivity index (χ0v) is 18.3. The van der Waals surface area contributed by atoms with Gasteiger partial charge in [0.25, 0.3) is 0 Å². The van der Waals surface area contributed by atoms with Crippen molar-refractivity contribution in [3.8, 4) is 5.75 Å². The number of benzene rings is 1. The highest BCUT2D eigenvalue weighted by atomic mass is 32.1. The molecule has 0 aliphatic rings. The SMILES string of the molecule is CC/C(=C\C=C\C(O)(CC)CC)c1cc(COc2ccc(CO)c(CO)c2)cs1. The third-order valence-electron chi connectivity index (χ3n) is 5.20. The van der Waals surface area contributed by atoms with Crippen molar-refractivity contribution in [3.05, 3.63) is 69.4 Å². The summed E-state index contributed by atoms with van der Waals surface area (Å²) in [7, 11) is 0. The summed E-state index contributed by atoms with van der Waals surface area (Å²) in [6.45, 7) is 6.33. The van der Waals surface area contributed by atoms with Crippen LogP contribution < -0.4 is 4.74 Å². The maximum absolute atomic E-state index is 10.4. The minimum Gasteiger partial charge on any atom is -0.489 e. The largest absolute Gasteiger partial charge is 0.489 e. The van der Waals surface area contributed by atoms with E-state index < -0.39 is 5.60 Å². The van der Waals surface area contributed by atoms with E-state index in [1.165, 1.54) is 10.5 Å². The fraction of sp³-hybridized carbons (Fsp3) is 0.417. The highest BCUT2D eigenvalue weighted by molar-refractivity contribution is 7.11. The average Bonchev–Trinajstić information content (AvgIpc) is 3.23. The van der Waals surface area contributed by atoms with Crippen LogP contribution >= 0.6 is 11.3 Å². The fourth-order valence-electron chi connectivity index (χ4n) is 2.98. The van der Waals surface area contributed by atoms with Gasteiger partial charge in [-0.1, -0.05) is 45.1 Å². The zero-order valence-electron chi connectivity index (χ0n) is 17.5. The smallest absolute Gasteiger partial charge is 0.120 e. The molecule has 0 unspecified atom stereocenters. The molecule has 1 heterocycles. The molecule has 0 amide bonds. The van der Waals surface area contributed by atoms with E-state index in [1.54, 1.807) is 23.5 Å². The van der Waals surface area contributed by atoms with Gasteiger partial charge in [0, 0.05) is 10.4 Å². The Morgan fingerprint density at radius 1 is 1.07 bits per heavy atom. The first-order valence-electron chi connectivity index (χ1n) is 10.1. The molecule has 0 atom stereocenters. The summed E-state index contributed by atoms with van der Waals surface area (Å²) < 4.78 is 5.86. The Bertz CT molecular complexity index is 831. The van der Waals surface area contributed by atoms with Crippen LogP contribution in [-0.4, -0.2) is 20.9 Å². The highest BCUT2D eigenvalue weighted by Crippen LogP contribution is 2.27. The molecular weight excluding hydrogens is 384 g/mol. The van der Waals surface area contributed by atoms with Crippen LogP contribution in [0.1, 0.15) is 61.6 Å². The second kappa shape index (κ2) is 11.3. The Balaban J connectivity index is 2.05. The molecule has 2 aromatic rings. The van der Waals surface area contributed by atoms with Gasteiger partial charge in [0.2, 0.25) is 0 Å². The fourth-order valence-corrected chi connectivity index (χ4v) is 3.98. The predicted octanol–water partition coefficient (Wildman–Crippen LogP) is 5.21. The molecule has 0 fully saturated rings. The van der Waals surface area contributed by atoms with Gasteiger partial charge in [-0.15, -0.1) is 11.3 Å². The summed E-state index contributed by atoms with van der Waals surface area (Å²) >= 11 is 1.68. The maximum atomic E-state index is 10.4. The molecule has 0 bridgehead atoms. The first-order chi connectivity index (χ1) is 14.0. The van der Waals surface area contributed by atoms with Crippen LogP contribution in [0.25, 0.3) is 5.57 Å². The van der Waals surface area contributed by atoms with Crippen LogP contribution in [0.2, 0.25) is 0 Å². The van der Waals surface area contributed by atoms with E-state index in [0.29, 0.717) is 36.3 Å². The molecule has 0 saturated heterocycles. The third kappa shape index (κ3) is 6.54. The second-order valence-electron chi connectivity index (χ2n) is 7.07. The van der Waals surface area contributed by atoms with Crippen LogP contribution in [0.3, 0.4) is 0 Å². The van der Waals surface area contributed by atoms with E-state index in [-0.39, 0.29) is 13.2 Å². The van der Waals surface area contributed by atoms with Gasteiger partial charge in [0.15, 0.2) is 0 Å². The molecule has 29 heavy (non-hydrogen) atoms. The number of hydrogen-bond acceptors (Lipinski definition) is 5. The molecule has 3 N–H and O–H groups in total. The van der Waals surface area contributed by atoms with E-state index in [2.05, 4.69) is 24.4 Å². The molecule has 2 rings (SSSR count). The molecule has 1 aromatic heterocycles. The van der Waals surface area contributed by atoms with Gasteiger partial charge in [-0.25, -0.2) is 0 Å². The number of allylic oxidation sites excluding steroid dienone is 3. The van der Waals surface area contributed by atoms with Gasteiger partial charge < -0.3 is 20.1 Å². The van der Waals surface area contributed by atoms with E-state index in [4.69, 9.17) is 4.74 Å². The standard InChI is InChI=1S/C24H32O4S/c1-4-19(8-7-11-24(27,5-2)6-3)23-12-18(17-29-23)16-28-22-10-9-20(14-25)21(13-22)15-26/h7-13,17,25-27H,4-6,14-16H2,1-3H3/b11-7+,19-8+. The van der Waals surface area contributed by atoms with E-state index in [0.717, 1.165) is 12.0 Å². The number of aliphatic hydroxyl groups excluding tert-OH is 2. The molecule has 0 radical (unpaired) electrons. The van der Waals surface area contributed by atoms with Crippen molar-refractivity contribution >= 4 is 16.9 Å². The number of thiophene rings is 1. The van der Waals surface area contributed by atoms with Crippen molar-refractivity contribution in [1.29, 1.82) is 0 Å². The van der Waals surface area contributed by atoms with Gasteiger partial charge in [0.1, 0.15) is 12.4 Å². The van der Waals surface area contributed by atoms with Crippen molar-refractivity contribution in [3.63, 3.8) is 0 Å². The normalized spacial score (nSPS) is 12.7. The first kappa shape index (κ1) is 23.4. The molecule has 0 saturated carbocycles. The van der Waals surface area contributed by atoms with Crippen molar-refractivity contribution in [2.75, 3.05) is 0 Å². The minimum atomic E-state index is -0.733. The van der Waals surface area contributed by atoms with Crippen molar-refractivity contribution in [2.45, 2.75) is 65.5 Å². The number of ether oxygens (including phenoxy) is 1. The van der Waals surface area contributed by atoms with Gasteiger partial charge in [-0.3, -0.25) is 0 Å². The van der Waals surface area contributed by atoms with Crippen molar-refractivity contribution in [1.82, 2.24) is 0 Å². The molecule has 4 nitrogen and oxygen atoms in total. The summed E-state index contributed by atoms with van der Waals surface area (Å²) in [6, 6.07) is 7.49. The van der Waals surface area contributed by atoms with Crippen LogP contribution in [0, 0.1) is 0 Å². The van der Waals surface area contributed by atoms with Crippen molar-refractivity contribution in [2.24, 2.45) is 0 Å². The Hall–Kier alpha value is -1.92. The summed E-state index contributed by atoms with van der Waals surface area (Å²) in [5.41, 5.74) is 2.97. The quantitative estimate of drug-likeness (QED) is 0.440. The van der Waals surface area contributed by atoms with E-state index in [9.17, 15) is 15.3 Å². The molecule has 5 heteroatoms. The molecule has 0 aliphatic carbocycles. The predicted molar refractivity (Wildman–Crippen MR) is 120 cm³/mol. The van der Waals surface area contributed by atoms with Gasteiger partial charge in [-0.05, 0) is 59.5 Å². The lowest BCUT2D eigenvalue weighted by molar-refractivity contribution is 0.0828. The van der Waals surface area contributed by atoms with Crippen LogP contribution in [0.5, 0.6) is 5.75 Å². The molecule has 0 spiro atoms. The Labute approximate surface area is 177 Å². The monoisotopic (exact) mass is 416 g/mol. The number of aliphatic hydroxyl groups is 3. The van der Waals surface area contributed by atoms with Crippen LogP contribution in [-0.2, 0) is 19.8 Å². The van der Waals surface area contributed by atoms with E-state index >= 15 is 0 Å². The minimum absolute atomic E-state index is 0.0987. The summed E-state index contributed by atoms with van der Waals surface area (Å²) in [6.07, 6.45) is 8.23. The molecular formula is C24H32O4S. The lowest BCUT2D eigenvalue weighted by Gasteiger charge is -2.19. The zero-order chi connectivity index (χ0) is 21.3. The highest BCUT2D eigenvalue weighted by Gasteiger charge is 2.17. The number of rotatable bonds is 11. The Kier molecular flexibility index (Phi) is 9.11. The summed E-state index contributed by atoms with van der Waals surface area (Å²) in [5, 5.41) is 31.2. The topological polar surface area (TPSA) is 69.9 Å². The lowest BCUT2D eigenvalue weighted by Crippen LogP contribution is -2.22. The Morgan fingerprint density at radius 3 is 2.41 bits per heavy atom. The average molecular weight is 417 g/mol. The van der Waals surface area contributed by atoms with Gasteiger partial charge in [0.05, 0.1) is 18.8 Å². The first-order valence-corrected chi connectivity index (χ1v) is 11.0. The lowest BCUT2D eigenvalue weighted by atomic mass is 9.97.